The molecular weight excluding hydrogens is 162 g/mol. The number of aryl methyl sites for hydroxylation is 1. The van der Waals surface area contributed by atoms with E-state index in [1.165, 1.54) is 11.3 Å². The summed E-state index contributed by atoms with van der Waals surface area (Å²) >= 11 is 0. The minimum atomic E-state index is 0.768. The molecule has 0 saturated carbocycles. The first-order chi connectivity index (χ1) is 6.33. The summed E-state index contributed by atoms with van der Waals surface area (Å²) in [5.41, 5.74) is 2.45. The third-order valence-corrected chi connectivity index (χ3v) is 1.80. The second-order valence-corrected chi connectivity index (χ2v) is 2.99. The molecule has 1 N–H and O–H groups in total. The molecule has 72 valence electrons. The first-order valence-corrected chi connectivity index (χ1v) is 4.71. The minimum Gasteiger partial charge on any atom is -0.383 e. The van der Waals surface area contributed by atoms with Crippen molar-refractivity contribution in [1.82, 2.24) is 0 Å². The summed E-state index contributed by atoms with van der Waals surface area (Å²) < 4.78 is 5.22. The summed E-state index contributed by atoms with van der Waals surface area (Å²) in [6, 6.07) is 8.34. The van der Waals surface area contributed by atoms with Gasteiger partial charge in [0.2, 0.25) is 0 Å². The van der Waals surface area contributed by atoms with E-state index in [4.69, 9.17) is 4.74 Å². The normalized spacial score (nSPS) is 10.0. The summed E-state index contributed by atoms with van der Waals surface area (Å²) in [6.45, 7) is 6.53. The zero-order chi connectivity index (χ0) is 9.52. The van der Waals surface area contributed by atoms with Crippen molar-refractivity contribution >= 4 is 5.69 Å². The molecule has 0 bridgehead atoms. The SMILES string of the molecule is CCOCCNc1cccc(C)c1. The van der Waals surface area contributed by atoms with Gasteiger partial charge in [-0.25, -0.2) is 0 Å². The van der Waals surface area contributed by atoms with Crippen LogP contribution < -0.4 is 5.32 Å². The topological polar surface area (TPSA) is 21.3 Å². The summed E-state index contributed by atoms with van der Waals surface area (Å²) in [5.74, 6) is 0. The van der Waals surface area contributed by atoms with Gasteiger partial charge in [0, 0.05) is 18.8 Å². The predicted molar refractivity (Wildman–Crippen MR) is 56.2 cm³/mol. The second kappa shape index (κ2) is 5.60. The summed E-state index contributed by atoms with van der Waals surface area (Å²) in [5, 5.41) is 3.30. The quantitative estimate of drug-likeness (QED) is 0.701. The zero-order valence-corrected chi connectivity index (χ0v) is 8.34. The maximum atomic E-state index is 5.22. The van der Waals surface area contributed by atoms with Crippen molar-refractivity contribution in [3.63, 3.8) is 0 Å². The Morgan fingerprint density at radius 3 is 2.92 bits per heavy atom. The van der Waals surface area contributed by atoms with Crippen LogP contribution in [0.5, 0.6) is 0 Å². The van der Waals surface area contributed by atoms with Crippen LogP contribution in [0.4, 0.5) is 5.69 Å². The van der Waals surface area contributed by atoms with Crippen LogP contribution in [0.25, 0.3) is 0 Å². The number of anilines is 1. The van der Waals surface area contributed by atoms with Crippen molar-refractivity contribution in [3.05, 3.63) is 29.8 Å². The lowest BCUT2D eigenvalue weighted by molar-refractivity contribution is 0.158. The Labute approximate surface area is 79.9 Å². The Morgan fingerprint density at radius 1 is 1.38 bits per heavy atom. The smallest absolute Gasteiger partial charge is 0.0638 e. The Morgan fingerprint density at radius 2 is 2.23 bits per heavy atom. The maximum absolute atomic E-state index is 5.22. The molecule has 0 fully saturated rings. The van der Waals surface area contributed by atoms with Crippen molar-refractivity contribution in [2.24, 2.45) is 0 Å². The number of hydrogen-bond acceptors (Lipinski definition) is 2. The van der Waals surface area contributed by atoms with Crippen LogP contribution in [0.3, 0.4) is 0 Å². The fourth-order valence-electron chi connectivity index (χ4n) is 1.17. The van der Waals surface area contributed by atoms with Gasteiger partial charge in [0.25, 0.3) is 0 Å². The third-order valence-electron chi connectivity index (χ3n) is 1.80. The van der Waals surface area contributed by atoms with Crippen LogP contribution in [0, 0.1) is 6.92 Å². The number of benzene rings is 1. The molecule has 0 aliphatic rings. The highest BCUT2D eigenvalue weighted by molar-refractivity contribution is 5.45. The molecule has 0 heterocycles. The van der Waals surface area contributed by atoms with Crippen LogP contribution in [-0.4, -0.2) is 19.8 Å². The van der Waals surface area contributed by atoms with E-state index in [2.05, 4.69) is 36.5 Å². The average molecular weight is 179 g/mol. The number of hydrogen-bond donors (Lipinski definition) is 1. The average Bonchev–Trinajstić information content (AvgIpc) is 2.13. The van der Waals surface area contributed by atoms with E-state index in [0.717, 1.165) is 19.8 Å². The number of rotatable bonds is 5. The largest absolute Gasteiger partial charge is 0.383 e. The van der Waals surface area contributed by atoms with Gasteiger partial charge in [0.15, 0.2) is 0 Å². The lowest BCUT2D eigenvalue weighted by Gasteiger charge is -2.06. The molecule has 0 atom stereocenters. The van der Waals surface area contributed by atoms with E-state index in [0.29, 0.717) is 0 Å². The molecule has 0 aromatic heterocycles. The van der Waals surface area contributed by atoms with Gasteiger partial charge in [-0.2, -0.15) is 0 Å². The molecule has 13 heavy (non-hydrogen) atoms. The van der Waals surface area contributed by atoms with Crippen LogP contribution in [0.1, 0.15) is 12.5 Å². The molecule has 0 spiro atoms. The van der Waals surface area contributed by atoms with Gasteiger partial charge in [-0.05, 0) is 31.5 Å². The zero-order valence-electron chi connectivity index (χ0n) is 8.34. The predicted octanol–water partition coefficient (Wildman–Crippen LogP) is 2.44. The van der Waals surface area contributed by atoms with Crippen LogP contribution >= 0.6 is 0 Å². The van der Waals surface area contributed by atoms with Gasteiger partial charge < -0.3 is 10.1 Å². The molecule has 0 saturated heterocycles. The molecular formula is C11H17NO. The molecule has 0 amide bonds. The highest BCUT2D eigenvalue weighted by Crippen LogP contribution is 2.08. The van der Waals surface area contributed by atoms with Crippen molar-refractivity contribution in [1.29, 1.82) is 0 Å². The fraction of sp³-hybridized carbons (Fsp3) is 0.455. The molecule has 0 aliphatic heterocycles. The first-order valence-electron chi connectivity index (χ1n) is 4.71. The molecule has 0 radical (unpaired) electrons. The van der Waals surface area contributed by atoms with Crippen molar-refractivity contribution in [2.45, 2.75) is 13.8 Å². The molecule has 1 aromatic carbocycles. The second-order valence-electron chi connectivity index (χ2n) is 2.99. The van der Waals surface area contributed by atoms with Gasteiger partial charge in [-0.15, -0.1) is 0 Å². The standard InChI is InChI=1S/C11H17NO/c1-3-13-8-7-12-11-6-4-5-10(2)9-11/h4-6,9,12H,3,7-8H2,1-2H3. The lowest BCUT2D eigenvalue weighted by Crippen LogP contribution is -2.08. The molecule has 1 aromatic rings. The summed E-state index contributed by atoms with van der Waals surface area (Å²) in [4.78, 5) is 0. The lowest BCUT2D eigenvalue weighted by atomic mass is 10.2. The van der Waals surface area contributed by atoms with Crippen LogP contribution in [-0.2, 0) is 4.74 Å². The highest BCUT2D eigenvalue weighted by Gasteiger charge is 1.90. The van der Waals surface area contributed by atoms with E-state index in [9.17, 15) is 0 Å². The third kappa shape index (κ3) is 3.95. The van der Waals surface area contributed by atoms with E-state index < -0.39 is 0 Å². The fourth-order valence-corrected chi connectivity index (χ4v) is 1.17. The van der Waals surface area contributed by atoms with E-state index in [-0.39, 0.29) is 0 Å². The van der Waals surface area contributed by atoms with Crippen LogP contribution in [0.2, 0.25) is 0 Å². The van der Waals surface area contributed by atoms with Gasteiger partial charge in [0.05, 0.1) is 6.61 Å². The van der Waals surface area contributed by atoms with E-state index in [1.54, 1.807) is 0 Å². The van der Waals surface area contributed by atoms with Crippen molar-refractivity contribution in [2.75, 3.05) is 25.1 Å². The first kappa shape index (κ1) is 10.1. The number of ether oxygens (including phenoxy) is 1. The Bertz CT molecular complexity index is 248. The van der Waals surface area contributed by atoms with E-state index >= 15 is 0 Å². The van der Waals surface area contributed by atoms with E-state index in [1.807, 2.05) is 6.92 Å². The molecule has 2 heteroatoms. The van der Waals surface area contributed by atoms with Crippen LogP contribution in [0.15, 0.2) is 24.3 Å². The molecule has 0 aliphatic carbocycles. The molecule has 1 rings (SSSR count). The van der Waals surface area contributed by atoms with Gasteiger partial charge in [-0.3, -0.25) is 0 Å². The van der Waals surface area contributed by atoms with Crippen molar-refractivity contribution < 1.29 is 4.74 Å². The van der Waals surface area contributed by atoms with Crippen molar-refractivity contribution in [3.8, 4) is 0 Å². The summed E-state index contributed by atoms with van der Waals surface area (Å²) in [6.07, 6.45) is 0. The Balaban J connectivity index is 2.28. The van der Waals surface area contributed by atoms with Gasteiger partial charge in [0.1, 0.15) is 0 Å². The summed E-state index contributed by atoms with van der Waals surface area (Å²) in [7, 11) is 0. The number of nitrogens with one attached hydrogen (secondary N) is 1. The van der Waals surface area contributed by atoms with Gasteiger partial charge >= 0.3 is 0 Å². The Hall–Kier alpha value is -1.02. The molecule has 2 nitrogen and oxygen atoms in total. The van der Waals surface area contributed by atoms with Gasteiger partial charge in [-0.1, -0.05) is 12.1 Å². The maximum Gasteiger partial charge on any atom is 0.0638 e. The monoisotopic (exact) mass is 179 g/mol. The Kier molecular flexibility index (Phi) is 4.33. The highest BCUT2D eigenvalue weighted by atomic mass is 16.5. The minimum absolute atomic E-state index is 0.768. The molecule has 0 unspecified atom stereocenters.